The molecule has 0 saturated carbocycles. The number of rotatable bonds is 9. The van der Waals surface area contributed by atoms with Crippen molar-refractivity contribution in [3.8, 4) is 11.3 Å². The lowest BCUT2D eigenvalue weighted by atomic mass is 10.1. The van der Waals surface area contributed by atoms with Crippen molar-refractivity contribution in [3.05, 3.63) is 66.4 Å². The fraction of sp³-hybridized carbons (Fsp3) is 0.370. The van der Waals surface area contributed by atoms with Crippen LogP contribution in [-0.2, 0) is 9.57 Å². The monoisotopic (exact) mass is 490 g/mol. The van der Waals surface area contributed by atoms with E-state index in [0.717, 1.165) is 50.7 Å². The quantitative estimate of drug-likeness (QED) is 0.382. The third-order valence-electron chi connectivity index (χ3n) is 5.56. The van der Waals surface area contributed by atoms with Gasteiger partial charge in [-0.05, 0) is 51.1 Å². The summed E-state index contributed by atoms with van der Waals surface area (Å²) in [7, 11) is 0. The van der Waals surface area contributed by atoms with Crippen LogP contribution < -0.4 is 16.1 Å². The van der Waals surface area contributed by atoms with Crippen molar-refractivity contribution in [1.29, 1.82) is 0 Å². The lowest BCUT2D eigenvalue weighted by molar-refractivity contribution is 0.0376. The molecular weight excluding hydrogens is 456 g/mol. The predicted molar refractivity (Wildman–Crippen MR) is 142 cm³/mol. The minimum absolute atomic E-state index is 0.209. The van der Waals surface area contributed by atoms with Crippen LogP contribution in [0, 0.1) is 0 Å². The van der Waals surface area contributed by atoms with E-state index < -0.39 is 0 Å². The number of nitrogens with one attached hydrogen (secondary N) is 3. The molecule has 36 heavy (non-hydrogen) atoms. The number of carbonyl (C=O) groups excluding carboxylic acids is 1. The van der Waals surface area contributed by atoms with Gasteiger partial charge in [0, 0.05) is 43.5 Å². The molecule has 0 bridgehead atoms. The van der Waals surface area contributed by atoms with Gasteiger partial charge in [-0.25, -0.2) is 9.97 Å². The van der Waals surface area contributed by atoms with Gasteiger partial charge in [-0.1, -0.05) is 24.3 Å². The number of para-hydroxylation sites is 2. The topological polar surface area (TPSA) is 101 Å². The molecule has 1 aliphatic rings. The maximum atomic E-state index is 12.9. The van der Waals surface area contributed by atoms with Crippen molar-refractivity contribution in [2.45, 2.75) is 26.4 Å². The van der Waals surface area contributed by atoms with Crippen LogP contribution in [0.1, 0.15) is 31.1 Å². The van der Waals surface area contributed by atoms with Gasteiger partial charge in [0.2, 0.25) is 5.95 Å². The maximum Gasteiger partial charge on any atom is 0.255 e. The SMILES string of the molecule is CC(C)(C)ONc1ccccc1NC(=O)c1ccc(-c2ccnc(NCCN3CCOCC3)n2)cc1. The van der Waals surface area contributed by atoms with Crippen molar-refractivity contribution in [3.63, 3.8) is 0 Å². The second-order valence-corrected chi connectivity index (χ2v) is 9.54. The minimum atomic E-state index is -0.369. The molecule has 1 saturated heterocycles. The minimum Gasteiger partial charge on any atom is -0.379 e. The third-order valence-corrected chi connectivity index (χ3v) is 5.56. The first-order chi connectivity index (χ1) is 17.4. The summed E-state index contributed by atoms with van der Waals surface area (Å²) in [6, 6.07) is 16.7. The molecule has 1 aliphatic heterocycles. The fourth-order valence-electron chi connectivity index (χ4n) is 3.63. The molecule has 1 aromatic heterocycles. The normalized spacial score (nSPS) is 14.3. The second-order valence-electron chi connectivity index (χ2n) is 9.54. The predicted octanol–water partition coefficient (Wildman–Crippen LogP) is 4.28. The van der Waals surface area contributed by atoms with Crippen LogP contribution in [0.3, 0.4) is 0 Å². The number of benzene rings is 2. The molecule has 2 aromatic carbocycles. The standard InChI is InChI=1S/C27H34N6O3/c1-27(2,3)36-32-24-7-5-4-6-23(24)30-25(34)21-10-8-20(9-11-21)22-12-13-28-26(31-22)29-14-15-33-16-18-35-19-17-33/h4-13,32H,14-19H2,1-3H3,(H,30,34)(H,28,29,31). The van der Waals surface area contributed by atoms with Crippen LogP contribution in [0.15, 0.2) is 60.8 Å². The van der Waals surface area contributed by atoms with Crippen LogP contribution in [-0.4, -0.2) is 65.8 Å². The molecule has 0 aliphatic carbocycles. The van der Waals surface area contributed by atoms with E-state index in [2.05, 4.69) is 31.0 Å². The largest absolute Gasteiger partial charge is 0.379 e. The molecule has 190 valence electrons. The molecule has 0 atom stereocenters. The van der Waals surface area contributed by atoms with Gasteiger partial charge in [-0.2, -0.15) is 0 Å². The zero-order valence-electron chi connectivity index (χ0n) is 21.1. The highest BCUT2D eigenvalue weighted by Crippen LogP contribution is 2.24. The number of anilines is 3. The Morgan fingerprint density at radius 1 is 1.03 bits per heavy atom. The first-order valence-electron chi connectivity index (χ1n) is 12.2. The summed E-state index contributed by atoms with van der Waals surface area (Å²) in [6.45, 7) is 11.0. The van der Waals surface area contributed by atoms with Gasteiger partial charge in [-0.3, -0.25) is 20.0 Å². The van der Waals surface area contributed by atoms with E-state index in [1.165, 1.54) is 0 Å². The Bertz CT molecular complexity index is 1140. The van der Waals surface area contributed by atoms with Crippen LogP contribution >= 0.6 is 0 Å². The molecule has 3 aromatic rings. The lowest BCUT2D eigenvalue weighted by Crippen LogP contribution is -2.39. The summed E-state index contributed by atoms with van der Waals surface area (Å²) in [6.07, 6.45) is 1.74. The molecule has 0 unspecified atom stereocenters. The van der Waals surface area contributed by atoms with Gasteiger partial charge in [0.25, 0.3) is 5.91 Å². The molecule has 0 spiro atoms. The molecule has 2 heterocycles. The molecule has 9 nitrogen and oxygen atoms in total. The summed E-state index contributed by atoms with van der Waals surface area (Å²) in [4.78, 5) is 29.9. The highest BCUT2D eigenvalue weighted by atomic mass is 16.7. The molecule has 0 radical (unpaired) electrons. The number of ether oxygens (including phenoxy) is 1. The Morgan fingerprint density at radius 2 is 1.75 bits per heavy atom. The first-order valence-corrected chi connectivity index (χ1v) is 12.2. The van der Waals surface area contributed by atoms with Gasteiger partial charge in [0.1, 0.15) is 0 Å². The summed E-state index contributed by atoms with van der Waals surface area (Å²) in [5.41, 5.74) is 6.14. The van der Waals surface area contributed by atoms with E-state index in [1.54, 1.807) is 18.3 Å². The molecule has 3 N–H and O–H groups in total. The molecular formula is C27H34N6O3. The number of amides is 1. The Hall–Kier alpha value is -3.53. The Kier molecular flexibility index (Phi) is 8.48. The third kappa shape index (κ3) is 7.48. The first kappa shape index (κ1) is 25.6. The number of nitrogens with zero attached hydrogens (tertiary/aromatic N) is 3. The number of hydrogen-bond donors (Lipinski definition) is 3. The smallest absolute Gasteiger partial charge is 0.255 e. The van der Waals surface area contributed by atoms with E-state index in [1.807, 2.05) is 63.2 Å². The Morgan fingerprint density at radius 3 is 2.47 bits per heavy atom. The number of hydrogen-bond acceptors (Lipinski definition) is 8. The summed E-state index contributed by atoms with van der Waals surface area (Å²) < 4.78 is 5.39. The lowest BCUT2D eigenvalue weighted by Gasteiger charge is -2.26. The van der Waals surface area contributed by atoms with Gasteiger partial charge in [-0.15, -0.1) is 0 Å². The van der Waals surface area contributed by atoms with Gasteiger partial charge >= 0.3 is 0 Å². The number of aromatic nitrogens is 2. The fourth-order valence-corrected chi connectivity index (χ4v) is 3.63. The zero-order valence-corrected chi connectivity index (χ0v) is 21.1. The average molecular weight is 491 g/mol. The molecule has 1 amide bonds. The van der Waals surface area contributed by atoms with Crippen molar-refractivity contribution in [2.75, 3.05) is 55.5 Å². The van der Waals surface area contributed by atoms with E-state index in [0.29, 0.717) is 22.9 Å². The van der Waals surface area contributed by atoms with Crippen molar-refractivity contribution in [2.24, 2.45) is 0 Å². The molecule has 1 fully saturated rings. The van der Waals surface area contributed by atoms with Crippen molar-refractivity contribution < 1.29 is 14.4 Å². The van der Waals surface area contributed by atoms with E-state index >= 15 is 0 Å². The van der Waals surface area contributed by atoms with Crippen LogP contribution in [0.25, 0.3) is 11.3 Å². The highest BCUT2D eigenvalue weighted by Gasteiger charge is 2.14. The van der Waals surface area contributed by atoms with Crippen molar-refractivity contribution >= 4 is 23.2 Å². The molecule has 4 rings (SSSR count). The van der Waals surface area contributed by atoms with Crippen molar-refractivity contribution in [1.82, 2.24) is 14.9 Å². The highest BCUT2D eigenvalue weighted by molar-refractivity contribution is 6.06. The summed E-state index contributed by atoms with van der Waals surface area (Å²) in [5.74, 6) is 0.379. The number of carbonyl (C=O) groups is 1. The van der Waals surface area contributed by atoms with E-state index in [4.69, 9.17) is 9.57 Å². The van der Waals surface area contributed by atoms with Crippen LogP contribution in [0.2, 0.25) is 0 Å². The average Bonchev–Trinajstić information content (AvgIpc) is 2.89. The van der Waals surface area contributed by atoms with Gasteiger partial charge in [0.05, 0.1) is 35.9 Å². The van der Waals surface area contributed by atoms with Gasteiger partial charge < -0.3 is 15.4 Å². The Balaban J connectivity index is 1.36. The van der Waals surface area contributed by atoms with E-state index in [9.17, 15) is 4.79 Å². The summed E-state index contributed by atoms with van der Waals surface area (Å²) >= 11 is 0. The Labute approximate surface area is 212 Å². The van der Waals surface area contributed by atoms with Crippen LogP contribution in [0.4, 0.5) is 17.3 Å². The second kappa shape index (κ2) is 11.9. The zero-order chi connectivity index (χ0) is 25.4. The number of morpholine rings is 1. The molecule has 9 heteroatoms. The summed E-state index contributed by atoms with van der Waals surface area (Å²) in [5, 5.41) is 6.25. The van der Waals surface area contributed by atoms with E-state index in [-0.39, 0.29) is 11.5 Å². The van der Waals surface area contributed by atoms with Crippen LogP contribution in [0.5, 0.6) is 0 Å². The van der Waals surface area contributed by atoms with Gasteiger partial charge in [0.15, 0.2) is 0 Å². The maximum absolute atomic E-state index is 12.9.